The molecule has 1 unspecified atom stereocenters. The van der Waals surface area contributed by atoms with Gasteiger partial charge in [0.25, 0.3) is 0 Å². The lowest BCUT2D eigenvalue weighted by Crippen LogP contribution is -2.22. The van der Waals surface area contributed by atoms with E-state index in [2.05, 4.69) is 0 Å². The zero-order valence-electron chi connectivity index (χ0n) is 9.82. The molecule has 2 rings (SSSR count). The number of aliphatic hydroxyl groups is 1. The fourth-order valence-corrected chi connectivity index (χ4v) is 2.27. The minimum Gasteiger partial charge on any atom is -0.396 e. The van der Waals surface area contributed by atoms with E-state index in [-0.39, 0.29) is 18.3 Å². The smallest absolute Gasteiger partial charge is 0.161 e. The van der Waals surface area contributed by atoms with Crippen LogP contribution in [0.2, 0.25) is 0 Å². The van der Waals surface area contributed by atoms with Gasteiger partial charge in [0.2, 0.25) is 0 Å². The molecule has 0 aliphatic carbocycles. The summed E-state index contributed by atoms with van der Waals surface area (Å²) in [6, 6.07) is 4.30. The molecule has 0 amide bonds. The second-order valence-corrected chi connectivity index (χ2v) is 4.50. The van der Waals surface area contributed by atoms with Crippen LogP contribution in [-0.2, 0) is 0 Å². The summed E-state index contributed by atoms with van der Waals surface area (Å²) in [4.78, 5) is 13.5. The van der Waals surface area contributed by atoms with Crippen molar-refractivity contribution in [3.8, 4) is 0 Å². The van der Waals surface area contributed by atoms with Crippen molar-refractivity contribution < 1.29 is 14.3 Å². The van der Waals surface area contributed by atoms with Crippen molar-refractivity contribution in [1.29, 1.82) is 0 Å². The molecule has 1 saturated heterocycles. The van der Waals surface area contributed by atoms with Crippen LogP contribution in [0.15, 0.2) is 18.2 Å². The van der Waals surface area contributed by atoms with Crippen LogP contribution in [0.25, 0.3) is 0 Å². The van der Waals surface area contributed by atoms with Gasteiger partial charge in [-0.05, 0) is 31.5 Å². The highest BCUT2D eigenvalue weighted by molar-refractivity contribution is 5.99. The van der Waals surface area contributed by atoms with E-state index in [1.54, 1.807) is 6.07 Å². The van der Waals surface area contributed by atoms with Gasteiger partial charge in [0.05, 0.1) is 0 Å². The summed E-state index contributed by atoms with van der Waals surface area (Å²) < 4.78 is 13.1. The Bertz CT molecular complexity index is 433. The normalized spacial score (nSPS) is 19.7. The summed E-state index contributed by atoms with van der Waals surface area (Å²) in [6.07, 6.45) is 0.908. The van der Waals surface area contributed by atoms with Crippen LogP contribution in [-0.4, -0.2) is 30.6 Å². The van der Waals surface area contributed by atoms with E-state index in [1.807, 2.05) is 4.90 Å². The van der Waals surface area contributed by atoms with Crippen molar-refractivity contribution in [3.05, 3.63) is 29.6 Å². The van der Waals surface area contributed by atoms with Gasteiger partial charge in [-0.15, -0.1) is 0 Å². The summed E-state index contributed by atoms with van der Waals surface area (Å²) in [7, 11) is 0. The quantitative estimate of drug-likeness (QED) is 0.816. The topological polar surface area (TPSA) is 40.5 Å². The SMILES string of the molecule is CC(=O)c1cc(F)ccc1N1CCC(CO)C1. The number of anilines is 1. The summed E-state index contributed by atoms with van der Waals surface area (Å²) in [6.45, 7) is 3.13. The molecule has 0 aromatic heterocycles. The molecule has 92 valence electrons. The maximum Gasteiger partial charge on any atom is 0.161 e. The van der Waals surface area contributed by atoms with Crippen LogP contribution in [0.4, 0.5) is 10.1 Å². The van der Waals surface area contributed by atoms with Crippen molar-refractivity contribution in [2.24, 2.45) is 5.92 Å². The first-order chi connectivity index (χ1) is 8.11. The molecule has 1 aromatic carbocycles. The first-order valence-electron chi connectivity index (χ1n) is 5.78. The van der Waals surface area contributed by atoms with Crippen molar-refractivity contribution in [3.63, 3.8) is 0 Å². The lowest BCUT2D eigenvalue weighted by Gasteiger charge is -2.21. The van der Waals surface area contributed by atoms with Crippen LogP contribution in [0, 0.1) is 11.7 Å². The molecule has 1 aromatic rings. The molecular weight excluding hydrogens is 221 g/mol. The van der Waals surface area contributed by atoms with Gasteiger partial charge in [0.15, 0.2) is 5.78 Å². The molecule has 1 aliphatic rings. The van der Waals surface area contributed by atoms with E-state index in [0.29, 0.717) is 5.56 Å². The third-order valence-electron chi connectivity index (χ3n) is 3.22. The molecule has 1 atom stereocenters. The maximum absolute atomic E-state index is 13.1. The first kappa shape index (κ1) is 12.0. The van der Waals surface area contributed by atoms with E-state index < -0.39 is 5.82 Å². The number of carbonyl (C=O) groups is 1. The Labute approximate surface area is 99.9 Å². The van der Waals surface area contributed by atoms with Crippen molar-refractivity contribution in [2.45, 2.75) is 13.3 Å². The van der Waals surface area contributed by atoms with E-state index in [9.17, 15) is 9.18 Å². The van der Waals surface area contributed by atoms with Gasteiger partial charge in [0, 0.05) is 36.9 Å². The Balaban J connectivity index is 2.29. The Morgan fingerprint density at radius 2 is 2.35 bits per heavy atom. The number of nitrogens with zero attached hydrogens (tertiary/aromatic N) is 1. The lowest BCUT2D eigenvalue weighted by atomic mass is 10.1. The largest absolute Gasteiger partial charge is 0.396 e. The molecule has 1 N–H and O–H groups in total. The number of ketones is 1. The molecule has 0 bridgehead atoms. The summed E-state index contributed by atoms with van der Waals surface area (Å²) >= 11 is 0. The van der Waals surface area contributed by atoms with E-state index in [4.69, 9.17) is 5.11 Å². The lowest BCUT2D eigenvalue weighted by molar-refractivity contribution is 0.101. The van der Waals surface area contributed by atoms with Crippen molar-refractivity contribution >= 4 is 11.5 Å². The Hall–Kier alpha value is -1.42. The molecule has 0 spiro atoms. The second-order valence-electron chi connectivity index (χ2n) is 4.50. The van der Waals surface area contributed by atoms with E-state index in [1.165, 1.54) is 19.1 Å². The average Bonchev–Trinajstić information content (AvgIpc) is 2.77. The monoisotopic (exact) mass is 237 g/mol. The Kier molecular flexibility index (Phi) is 3.43. The Morgan fingerprint density at radius 3 is 2.94 bits per heavy atom. The molecule has 1 aliphatic heterocycles. The number of halogens is 1. The minimum absolute atomic E-state index is 0.132. The predicted octanol–water partition coefficient (Wildman–Crippen LogP) is 1.85. The molecule has 0 radical (unpaired) electrons. The summed E-state index contributed by atoms with van der Waals surface area (Å²) in [5.41, 5.74) is 1.19. The number of carbonyl (C=O) groups excluding carboxylic acids is 1. The molecule has 0 saturated carbocycles. The first-order valence-corrected chi connectivity index (χ1v) is 5.78. The summed E-state index contributed by atoms with van der Waals surface area (Å²) in [5, 5.41) is 9.10. The zero-order chi connectivity index (χ0) is 12.4. The zero-order valence-corrected chi connectivity index (χ0v) is 9.82. The number of benzene rings is 1. The van der Waals surface area contributed by atoms with Gasteiger partial charge in [-0.2, -0.15) is 0 Å². The fourth-order valence-electron chi connectivity index (χ4n) is 2.27. The third kappa shape index (κ3) is 2.47. The highest BCUT2D eigenvalue weighted by Crippen LogP contribution is 2.27. The fraction of sp³-hybridized carbons (Fsp3) is 0.462. The van der Waals surface area contributed by atoms with Crippen LogP contribution in [0.5, 0.6) is 0 Å². The van der Waals surface area contributed by atoms with E-state index >= 15 is 0 Å². The number of hydrogen-bond acceptors (Lipinski definition) is 3. The van der Waals surface area contributed by atoms with Crippen molar-refractivity contribution in [1.82, 2.24) is 0 Å². The number of Topliss-reactive ketones (excluding diaryl/α,β-unsaturated/α-hetero) is 1. The van der Waals surface area contributed by atoms with Gasteiger partial charge in [-0.1, -0.05) is 0 Å². The number of rotatable bonds is 3. The molecule has 1 heterocycles. The summed E-state index contributed by atoms with van der Waals surface area (Å²) in [5.74, 6) is -0.274. The van der Waals surface area contributed by atoms with Crippen molar-refractivity contribution in [2.75, 3.05) is 24.6 Å². The number of aliphatic hydroxyl groups excluding tert-OH is 1. The van der Waals surface area contributed by atoms with Gasteiger partial charge in [-0.25, -0.2) is 4.39 Å². The van der Waals surface area contributed by atoms with Gasteiger partial charge in [0.1, 0.15) is 5.82 Å². The average molecular weight is 237 g/mol. The molecule has 17 heavy (non-hydrogen) atoms. The highest BCUT2D eigenvalue weighted by Gasteiger charge is 2.24. The second kappa shape index (κ2) is 4.84. The number of hydrogen-bond donors (Lipinski definition) is 1. The van der Waals surface area contributed by atoms with Gasteiger partial charge >= 0.3 is 0 Å². The molecule has 4 heteroatoms. The van der Waals surface area contributed by atoms with Gasteiger partial charge < -0.3 is 10.0 Å². The molecule has 1 fully saturated rings. The van der Waals surface area contributed by atoms with Crippen LogP contribution >= 0.6 is 0 Å². The van der Waals surface area contributed by atoms with E-state index in [0.717, 1.165) is 25.2 Å². The minimum atomic E-state index is -0.392. The van der Waals surface area contributed by atoms with Crippen LogP contribution in [0.3, 0.4) is 0 Å². The van der Waals surface area contributed by atoms with Crippen LogP contribution in [0.1, 0.15) is 23.7 Å². The van der Waals surface area contributed by atoms with Gasteiger partial charge in [-0.3, -0.25) is 4.79 Å². The predicted molar refractivity (Wildman–Crippen MR) is 63.8 cm³/mol. The molecule has 3 nitrogen and oxygen atoms in total. The highest BCUT2D eigenvalue weighted by atomic mass is 19.1. The van der Waals surface area contributed by atoms with Crippen LogP contribution < -0.4 is 4.90 Å². The Morgan fingerprint density at radius 1 is 1.59 bits per heavy atom. The molecular formula is C13H16FNO2. The third-order valence-corrected chi connectivity index (χ3v) is 3.22. The maximum atomic E-state index is 13.1. The standard InChI is InChI=1S/C13H16FNO2/c1-9(17)12-6-11(14)2-3-13(12)15-5-4-10(7-15)8-16/h2-3,6,10,16H,4-5,7-8H2,1H3.